The maximum Gasteiger partial charge on any atom is 0.153 e. The van der Waals surface area contributed by atoms with Crippen LogP contribution < -0.4 is 10.6 Å². The Morgan fingerprint density at radius 1 is 1.33 bits per heavy atom. The lowest BCUT2D eigenvalue weighted by Gasteiger charge is -2.26. The molecular formula is C13H18ClFN2O. The molecular weight excluding hydrogens is 255 g/mol. The van der Waals surface area contributed by atoms with Gasteiger partial charge in [0.05, 0.1) is 10.6 Å². The quantitative estimate of drug-likeness (QED) is 0.771. The van der Waals surface area contributed by atoms with Crippen molar-refractivity contribution in [1.82, 2.24) is 10.6 Å². The van der Waals surface area contributed by atoms with E-state index in [4.69, 9.17) is 11.6 Å². The average molecular weight is 273 g/mol. The zero-order valence-electron chi connectivity index (χ0n) is 10.5. The van der Waals surface area contributed by atoms with E-state index in [2.05, 4.69) is 24.5 Å². The molecule has 1 aromatic carbocycles. The van der Waals surface area contributed by atoms with Crippen LogP contribution in [0, 0.1) is 5.82 Å². The Bertz CT molecular complexity index is 393. The molecule has 2 rings (SSSR count). The molecule has 100 valence electrons. The number of aldehydes is 1. The van der Waals surface area contributed by atoms with Crippen molar-refractivity contribution < 1.29 is 9.18 Å². The van der Waals surface area contributed by atoms with E-state index in [0.717, 1.165) is 13.1 Å². The van der Waals surface area contributed by atoms with Crippen LogP contribution in [0.5, 0.6) is 0 Å². The van der Waals surface area contributed by atoms with Crippen LogP contribution in [0.25, 0.3) is 0 Å². The summed E-state index contributed by atoms with van der Waals surface area (Å²) in [6.07, 6.45) is 0.432. The second kappa shape index (κ2) is 7.46. The minimum absolute atomic E-state index is 0.00694. The third-order valence-electron chi connectivity index (χ3n) is 2.58. The van der Waals surface area contributed by atoms with Crippen LogP contribution in [0.4, 0.5) is 4.39 Å². The van der Waals surface area contributed by atoms with Gasteiger partial charge in [0, 0.05) is 25.2 Å². The first-order valence-electron chi connectivity index (χ1n) is 5.90. The van der Waals surface area contributed by atoms with Gasteiger partial charge in [-0.05, 0) is 26.0 Å². The molecule has 1 fully saturated rings. The van der Waals surface area contributed by atoms with Crippen LogP contribution in [-0.2, 0) is 0 Å². The van der Waals surface area contributed by atoms with Crippen molar-refractivity contribution in [1.29, 1.82) is 0 Å². The van der Waals surface area contributed by atoms with Gasteiger partial charge < -0.3 is 10.6 Å². The Balaban J connectivity index is 0.000000184. The molecule has 1 saturated heterocycles. The summed E-state index contributed by atoms with van der Waals surface area (Å²) in [5, 5.41) is 6.71. The van der Waals surface area contributed by atoms with Crippen LogP contribution in [-0.4, -0.2) is 31.5 Å². The molecule has 1 aromatic rings. The molecule has 0 aromatic heterocycles. The van der Waals surface area contributed by atoms with Gasteiger partial charge in [-0.15, -0.1) is 0 Å². The first kappa shape index (κ1) is 15.1. The SMILES string of the molecule is C[C@@H]1CNC[C@H](C)N1.O=Cc1cccc(Cl)c1F. The minimum Gasteiger partial charge on any atom is -0.314 e. The third kappa shape index (κ3) is 4.72. The van der Waals surface area contributed by atoms with Gasteiger partial charge in [0.2, 0.25) is 0 Å². The molecule has 18 heavy (non-hydrogen) atoms. The molecule has 0 radical (unpaired) electrons. The predicted octanol–water partition coefficient (Wildman–Crippen LogP) is 2.25. The van der Waals surface area contributed by atoms with Gasteiger partial charge in [-0.3, -0.25) is 4.79 Å². The van der Waals surface area contributed by atoms with Crippen molar-refractivity contribution in [3.63, 3.8) is 0 Å². The lowest BCUT2D eigenvalue weighted by molar-refractivity contribution is 0.112. The monoisotopic (exact) mass is 272 g/mol. The summed E-state index contributed by atoms with van der Waals surface area (Å²) in [6, 6.07) is 5.59. The molecule has 2 N–H and O–H groups in total. The number of hydrogen-bond donors (Lipinski definition) is 2. The summed E-state index contributed by atoms with van der Waals surface area (Å²) in [7, 11) is 0. The largest absolute Gasteiger partial charge is 0.314 e. The average Bonchev–Trinajstić information content (AvgIpc) is 2.33. The number of halogens is 2. The van der Waals surface area contributed by atoms with Gasteiger partial charge in [0.15, 0.2) is 12.1 Å². The first-order chi connectivity index (χ1) is 8.54. The van der Waals surface area contributed by atoms with Crippen LogP contribution in [0.15, 0.2) is 18.2 Å². The Hall–Kier alpha value is -0.970. The Kier molecular flexibility index (Phi) is 6.25. The van der Waals surface area contributed by atoms with Gasteiger partial charge in [0.1, 0.15) is 0 Å². The first-order valence-corrected chi connectivity index (χ1v) is 6.28. The highest BCUT2D eigenvalue weighted by atomic mass is 35.5. The molecule has 1 aliphatic rings. The zero-order valence-corrected chi connectivity index (χ0v) is 11.3. The van der Waals surface area contributed by atoms with Crippen LogP contribution in [0.2, 0.25) is 5.02 Å². The van der Waals surface area contributed by atoms with E-state index >= 15 is 0 Å². The number of benzene rings is 1. The second-order valence-corrected chi connectivity index (χ2v) is 4.80. The topological polar surface area (TPSA) is 41.1 Å². The van der Waals surface area contributed by atoms with Crippen LogP contribution in [0.3, 0.4) is 0 Å². The number of carbonyl (C=O) groups is 1. The highest BCUT2D eigenvalue weighted by molar-refractivity contribution is 6.31. The fourth-order valence-electron chi connectivity index (χ4n) is 1.73. The molecule has 0 bridgehead atoms. The van der Waals surface area contributed by atoms with Crippen molar-refractivity contribution >= 4 is 17.9 Å². The molecule has 0 aliphatic carbocycles. The highest BCUT2D eigenvalue weighted by Gasteiger charge is 2.11. The van der Waals surface area contributed by atoms with Crippen molar-refractivity contribution in [3.05, 3.63) is 34.6 Å². The zero-order chi connectivity index (χ0) is 13.5. The molecule has 0 saturated carbocycles. The van der Waals surface area contributed by atoms with Crippen molar-refractivity contribution in [3.8, 4) is 0 Å². The van der Waals surface area contributed by atoms with Gasteiger partial charge >= 0.3 is 0 Å². The van der Waals surface area contributed by atoms with Crippen LogP contribution in [0.1, 0.15) is 24.2 Å². The van der Waals surface area contributed by atoms with Crippen molar-refractivity contribution in [2.45, 2.75) is 25.9 Å². The molecule has 1 heterocycles. The Morgan fingerprint density at radius 3 is 2.33 bits per heavy atom. The Labute approximate surface area is 112 Å². The predicted molar refractivity (Wildman–Crippen MR) is 71.7 cm³/mol. The summed E-state index contributed by atoms with van der Waals surface area (Å²) in [5.41, 5.74) is -0.00694. The standard InChI is InChI=1S/C7H4ClFO.C6H14N2/c8-6-3-1-2-5(4-10)7(6)9;1-5-3-7-4-6(2)8-5/h1-4H;5-8H,3-4H2,1-2H3/t;5-,6+. The summed E-state index contributed by atoms with van der Waals surface area (Å²) in [6.45, 7) is 6.62. The van der Waals surface area contributed by atoms with E-state index in [9.17, 15) is 9.18 Å². The molecule has 2 atom stereocenters. The molecule has 5 heteroatoms. The van der Waals surface area contributed by atoms with Crippen molar-refractivity contribution in [2.24, 2.45) is 0 Å². The number of carbonyl (C=O) groups excluding carboxylic acids is 1. The lowest BCUT2D eigenvalue weighted by atomic mass is 10.2. The summed E-state index contributed by atoms with van der Waals surface area (Å²) in [4.78, 5) is 10.1. The van der Waals surface area contributed by atoms with Gasteiger partial charge in [-0.2, -0.15) is 0 Å². The van der Waals surface area contributed by atoms with E-state index in [1.807, 2.05) is 0 Å². The van der Waals surface area contributed by atoms with E-state index in [0.29, 0.717) is 18.4 Å². The van der Waals surface area contributed by atoms with Gasteiger partial charge in [-0.25, -0.2) is 4.39 Å². The summed E-state index contributed by atoms with van der Waals surface area (Å²) < 4.78 is 12.6. The molecule has 0 unspecified atom stereocenters. The second-order valence-electron chi connectivity index (χ2n) is 4.39. The third-order valence-corrected chi connectivity index (χ3v) is 2.87. The number of nitrogens with one attached hydrogen (secondary N) is 2. The van der Waals surface area contributed by atoms with E-state index in [1.54, 1.807) is 0 Å². The molecule has 1 aliphatic heterocycles. The van der Waals surface area contributed by atoms with Crippen molar-refractivity contribution in [2.75, 3.05) is 13.1 Å². The van der Waals surface area contributed by atoms with Crippen LogP contribution >= 0.6 is 11.6 Å². The number of rotatable bonds is 1. The highest BCUT2D eigenvalue weighted by Crippen LogP contribution is 2.15. The Morgan fingerprint density at radius 2 is 1.94 bits per heavy atom. The normalized spacial score (nSPS) is 22.9. The lowest BCUT2D eigenvalue weighted by Crippen LogP contribution is -2.52. The summed E-state index contributed by atoms with van der Waals surface area (Å²) >= 11 is 5.36. The smallest absolute Gasteiger partial charge is 0.153 e. The fraction of sp³-hybridized carbons (Fsp3) is 0.462. The number of hydrogen-bond acceptors (Lipinski definition) is 3. The molecule has 0 spiro atoms. The maximum atomic E-state index is 12.6. The number of piperazine rings is 1. The van der Waals surface area contributed by atoms with E-state index in [-0.39, 0.29) is 10.6 Å². The maximum absolute atomic E-state index is 12.6. The fourth-order valence-corrected chi connectivity index (χ4v) is 1.91. The molecule has 3 nitrogen and oxygen atoms in total. The summed E-state index contributed by atoms with van der Waals surface area (Å²) in [5.74, 6) is -0.654. The van der Waals surface area contributed by atoms with Gasteiger partial charge in [-0.1, -0.05) is 17.7 Å². The van der Waals surface area contributed by atoms with E-state index in [1.165, 1.54) is 18.2 Å². The van der Waals surface area contributed by atoms with E-state index < -0.39 is 5.82 Å². The van der Waals surface area contributed by atoms with Gasteiger partial charge in [0.25, 0.3) is 0 Å². The molecule has 0 amide bonds. The minimum atomic E-state index is -0.654.